The lowest BCUT2D eigenvalue weighted by Gasteiger charge is -2.06. The van der Waals surface area contributed by atoms with E-state index in [9.17, 15) is 9.18 Å². The predicted octanol–water partition coefficient (Wildman–Crippen LogP) is 2.78. The summed E-state index contributed by atoms with van der Waals surface area (Å²) in [5.74, 6) is -0.766. The Bertz CT molecular complexity index is 619. The van der Waals surface area contributed by atoms with Crippen molar-refractivity contribution < 1.29 is 9.18 Å². The molecule has 6 heteroatoms. The molecule has 0 atom stereocenters. The van der Waals surface area contributed by atoms with Gasteiger partial charge >= 0.3 is 0 Å². The maximum absolute atomic E-state index is 13.0. The minimum absolute atomic E-state index is 0.251. The quantitative estimate of drug-likeness (QED) is 0.936. The van der Waals surface area contributed by atoms with Crippen molar-refractivity contribution in [3.8, 4) is 0 Å². The zero-order valence-corrected chi connectivity index (χ0v) is 10.9. The fourth-order valence-corrected chi connectivity index (χ4v) is 2.49. The predicted molar refractivity (Wildman–Crippen MR) is 71.9 cm³/mol. The SMILES string of the molecule is O=C(Nc1cccc(F)c1)c1cn(C2CCCC2)nn1. The van der Waals surface area contributed by atoms with Crippen LogP contribution in [0.3, 0.4) is 0 Å². The molecule has 1 aliphatic carbocycles. The Morgan fingerprint density at radius 3 is 2.90 bits per heavy atom. The van der Waals surface area contributed by atoms with E-state index in [-0.39, 0.29) is 11.6 Å². The van der Waals surface area contributed by atoms with E-state index in [0.29, 0.717) is 11.7 Å². The number of rotatable bonds is 3. The monoisotopic (exact) mass is 274 g/mol. The largest absolute Gasteiger partial charge is 0.320 e. The summed E-state index contributed by atoms with van der Waals surface area (Å²) in [6.07, 6.45) is 6.19. The van der Waals surface area contributed by atoms with Gasteiger partial charge in [-0.1, -0.05) is 24.1 Å². The van der Waals surface area contributed by atoms with Crippen molar-refractivity contribution in [1.29, 1.82) is 0 Å². The van der Waals surface area contributed by atoms with Gasteiger partial charge < -0.3 is 5.32 Å². The number of anilines is 1. The molecule has 1 saturated carbocycles. The minimum atomic E-state index is -0.391. The Hall–Kier alpha value is -2.24. The fraction of sp³-hybridized carbons (Fsp3) is 0.357. The Kier molecular flexibility index (Phi) is 3.45. The third kappa shape index (κ3) is 2.68. The van der Waals surface area contributed by atoms with E-state index in [1.165, 1.54) is 25.0 Å². The smallest absolute Gasteiger partial charge is 0.277 e. The van der Waals surface area contributed by atoms with Gasteiger partial charge in [-0.15, -0.1) is 5.10 Å². The minimum Gasteiger partial charge on any atom is -0.320 e. The first-order valence-electron chi connectivity index (χ1n) is 6.71. The molecule has 1 aliphatic rings. The topological polar surface area (TPSA) is 59.8 Å². The van der Waals surface area contributed by atoms with Crippen molar-refractivity contribution in [2.45, 2.75) is 31.7 Å². The van der Waals surface area contributed by atoms with Gasteiger partial charge in [0.25, 0.3) is 5.91 Å². The Morgan fingerprint density at radius 1 is 1.35 bits per heavy atom. The van der Waals surface area contributed by atoms with Crippen molar-refractivity contribution in [1.82, 2.24) is 15.0 Å². The summed E-state index contributed by atoms with van der Waals surface area (Å²) in [4.78, 5) is 12.0. The van der Waals surface area contributed by atoms with Crippen molar-refractivity contribution in [3.63, 3.8) is 0 Å². The van der Waals surface area contributed by atoms with E-state index >= 15 is 0 Å². The van der Waals surface area contributed by atoms with E-state index in [1.807, 2.05) is 0 Å². The molecular formula is C14H15FN4O. The van der Waals surface area contributed by atoms with E-state index in [0.717, 1.165) is 12.8 Å². The van der Waals surface area contributed by atoms with Crippen LogP contribution in [0.4, 0.5) is 10.1 Å². The second-order valence-electron chi connectivity index (χ2n) is 4.99. The Balaban J connectivity index is 1.71. The van der Waals surface area contributed by atoms with E-state index in [1.54, 1.807) is 23.0 Å². The lowest BCUT2D eigenvalue weighted by molar-refractivity contribution is 0.102. The summed E-state index contributed by atoms with van der Waals surface area (Å²) in [6, 6.07) is 6.10. The molecule has 0 spiro atoms. The fourth-order valence-electron chi connectivity index (χ4n) is 2.49. The molecule has 1 aromatic carbocycles. The van der Waals surface area contributed by atoms with E-state index in [4.69, 9.17) is 0 Å². The number of halogens is 1. The van der Waals surface area contributed by atoms with Gasteiger partial charge in [0.15, 0.2) is 5.69 Å². The normalized spacial score (nSPS) is 15.4. The van der Waals surface area contributed by atoms with Crippen LogP contribution >= 0.6 is 0 Å². The molecule has 0 aliphatic heterocycles. The van der Waals surface area contributed by atoms with Crippen molar-refractivity contribution in [2.75, 3.05) is 5.32 Å². The highest BCUT2D eigenvalue weighted by Gasteiger charge is 2.20. The first kappa shape index (κ1) is 12.8. The number of hydrogen-bond donors (Lipinski definition) is 1. The summed E-state index contributed by atoms with van der Waals surface area (Å²) in [5.41, 5.74) is 0.659. The second-order valence-corrected chi connectivity index (χ2v) is 4.99. The highest BCUT2D eigenvalue weighted by Crippen LogP contribution is 2.28. The average molecular weight is 274 g/mol. The number of nitrogens with one attached hydrogen (secondary N) is 1. The number of carbonyl (C=O) groups excluding carboxylic acids is 1. The van der Waals surface area contributed by atoms with Crippen LogP contribution in [0, 0.1) is 5.82 Å². The molecule has 1 heterocycles. The molecule has 0 saturated heterocycles. The highest BCUT2D eigenvalue weighted by molar-refractivity contribution is 6.02. The van der Waals surface area contributed by atoms with Crippen LogP contribution in [0.2, 0.25) is 0 Å². The molecule has 2 aromatic rings. The number of amides is 1. The zero-order chi connectivity index (χ0) is 13.9. The van der Waals surface area contributed by atoms with E-state index < -0.39 is 5.82 Å². The summed E-state index contributed by atoms with van der Waals surface area (Å²) < 4.78 is 14.8. The van der Waals surface area contributed by atoms with Gasteiger partial charge in [0.05, 0.1) is 12.2 Å². The molecule has 20 heavy (non-hydrogen) atoms. The third-order valence-electron chi connectivity index (χ3n) is 3.52. The molecule has 0 bridgehead atoms. The molecule has 1 aromatic heterocycles. The van der Waals surface area contributed by atoms with Crippen LogP contribution in [-0.2, 0) is 0 Å². The Morgan fingerprint density at radius 2 is 2.15 bits per heavy atom. The third-order valence-corrected chi connectivity index (χ3v) is 3.52. The van der Waals surface area contributed by atoms with Crippen molar-refractivity contribution >= 4 is 11.6 Å². The van der Waals surface area contributed by atoms with Crippen molar-refractivity contribution in [3.05, 3.63) is 42.0 Å². The van der Waals surface area contributed by atoms with Crippen LogP contribution in [0.5, 0.6) is 0 Å². The summed E-state index contributed by atoms with van der Waals surface area (Å²) in [5, 5.41) is 10.5. The number of aromatic nitrogens is 3. The highest BCUT2D eigenvalue weighted by atomic mass is 19.1. The summed E-state index contributed by atoms with van der Waals surface area (Å²) in [6.45, 7) is 0. The molecule has 1 fully saturated rings. The van der Waals surface area contributed by atoms with Crippen molar-refractivity contribution in [2.24, 2.45) is 0 Å². The van der Waals surface area contributed by atoms with Gasteiger partial charge in [0.2, 0.25) is 0 Å². The first-order valence-corrected chi connectivity index (χ1v) is 6.71. The molecule has 3 rings (SSSR count). The molecule has 0 radical (unpaired) electrons. The maximum atomic E-state index is 13.0. The van der Waals surface area contributed by atoms with Gasteiger partial charge in [-0.05, 0) is 31.0 Å². The lowest BCUT2D eigenvalue weighted by atomic mass is 10.2. The van der Waals surface area contributed by atoms with Gasteiger partial charge in [0.1, 0.15) is 5.82 Å². The number of hydrogen-bond acceptors (Lipinski definition) is 3. The molecule has 1 amide bonds. The van der Waals surface area contributed by atoms with E-state index in [2.05, 4.69) is 15.6 Å². The van der Waals surface area contributed by atoms with Gasteiger partial charge in [-0.25, -0.2) is 9.07 Å². The standard InChI is InChI=1S/C14H15FN4O/c15-10-4-3-5-11(8-10)16-14(20)13-9-19(18-17-13)12-6-1-2-7-12/h3-5,8-9,12H,1-2,6-7H2,(H,16,20). The lowest BCUT2D eigenvalue weighted by Crippen LogP contribution is -2.12. The molecule has 104 valence electrons. The number of carbonyl (C=O) groups is 1. The van der Waals surface area contributed by atoms with Gasteiger partial charge in [0, 0.05) is 5.69 Å². The van der Waals surface area contributed by atoms with Crippen LogP contribution in [0.15, 0.2) is 30.5 Å². The van der Waals surface area contributed by atoms with Crippen LogP contribution in [0.1, 0.15) is 42.2 Å². The zero-order valence-electron chi connectivity index (χ0n) is 10.9. The number of benzene rings is 1. The number of nitrogens with zero attached hydrogens (tertiary/aromatic N) is 3. The van der Waals surface area contributed by atoms with Crippen LogP contribution in [-0.4, -0.2) is 20.9 Å². The maximum Gasteiger partial charge on any atom is 0.277 e. The second kappa shape index (κ2) is 5.40. The van der Waals surface area contributed by atoms with Gasteiger partial charge in [-0.3, -0.25) is 4.79 Å². The first-order chi connectivity index (χ1) is 9.72. The Labute approximate surface area is 115 Å². The summed E-state index contributed by atoms with van der Waals surface area (Å²) in [7, 11) is 0. The molecule has 0 unspecified atom stereocenters. The van der Waals surface area contributed by atoms with Crippen LogP contribution in [0.25, 0.3) is 0 Å². The van der Waals surface area contributed by atoms with Gasteiger partial charge in [-0.2, -0.15) is 0 Å². The molecule has 1 N–H and O–H groups in total. The van der Waals surface area contributed by atoms with Crippen LogP contribution < -0.4 is 5.32 Å². The average Bonchev–Trinajstić information content (AvgIpc) is 3.10. The molecular weight excluding hydrogens is 259 g/mol. The molecule has 5 nitrogen and oxygen atoms in total. The summed E-state index contributed by atoms with van der Waals surface area (Å²) >= 11 is 0.